The first-order chi connectivity index (χ1) is 16.4. The Bertz CT molecular complexity index is 1430. The van der Waals surface area contributed by atoms with Gasteiger partial charge in [0.15, 0.2) is 0 Å². The quantitative estimate of drug-likeness (QED) is 0.385. The van der Waals surface area contributed by atoms with Gasteiger partial charge in [0.1, 0.15) is 12.1 Å². The van der Waals surface area contributed by atoms with E-state index < -0.39 is 6.04 Å². The molecule has 3 aromatic carbocycles. The van der Waals surface area contributed by atoms with Crippen molar-refractivity contribution in [2.24, 2.45) is 0 Å². The molecular weight excluding hydrogens is 422 g/mol. The Kier molecular flexibility index (Phi) is 4.63. The lowest BCUT2D eigenvalue weighted by molar-refractivity contribution is -0.120. The van der Waals surface area contributed by atoms with Crippen LogP contribution >= 0.6 is 0 Å². The minimum absolute atomic E-state index is 0.157. The van der Waals surface area contributed by atoms with Crippen molar-refractivity contribution in [1.82, 2.24) is 9.88 Å². The number of urea groups is 1. The summed E-state index contributed by atoms with van der Waals surface area (Å²) in [7, 11) is 0. The van der Waals surface area contributed by atoms with E-state index in [0.29, 0.717) is 18.0 Å². The van der Waals surface area contributed by atoms with Crippen molar-refractivity contribution in [2.75, 3.05) is 4.90 Å². The third-order valence-electron chi connectivity index (χ3n) is 7.23. The highest BCUT2D eigenvalue weighted by Gasteiger charge is 2.53. The van der Waals surface area contributed by atoms with Gasteiger partial charge in [-0.3, -0.25) is 9.69 Å². The van der Waals surface area contributed by atoms with E-state index in [2.05, 4.69) is 55.2 Å². The zero-order valence-electron chi connectivity index (χ0n) is 19.6. The van der Waals surface area contributed by atoms with Gasteiger partial charge >= 0.3 is 6.03 Å². The molecule has 4 aromatic rings. The Morgan fingerprint density at radius 2 is 1.71 bits per heavy atom. The zero-order valence-corrected chi connectivity index (χ0v) is 19.6. The summed E-state index contributed by atoms with van der Waals surface area (Å²) in [6.45, 7) is 6.31. The van der Waals surface area contributed by atoms with Gasteiger partial charge in [-0.25, -0.2) is 9.69 Å². The van der Waals surface area contributed by atoms with E-state index in [-0.39, 0.29) is 18.0 Å². The van der Waals surface area contributed by atoms with Gasteiger partial charge in [-0.05, 0) is 53.3 Å². The molecular formula is C29H27N3O2. The molecule has 2 aliphatic rings. The molecule has 1 fully saturated rings. The van der Waals surface area contributed by atoms with E-state index >= 15 is 0 Å². The van der Waals surface area contributed by atoms with E-state index in [9.17, 15) is 9.59 Å². The zero-order chi connectivity index (χ0) is 23.6. The average molecular weight is 450 g/mol. The number of aromatic nitrogens is 1. The van der Waals surface area contributed by atoms with Gasteiger partial charge in [-0.2, -0.15) is 0 Å². The van der Waals surface area contributed by atoms with Crippen molar-refractivity contribution in [1.29, 1.82) is 0 Å². The molecule has 1 saturated heterocycles. The standard InChI is InChI=1S/C29H27N3O2/c1-17(2)19-11-13-20(14-12-19)27-26-23(22-9-4-5-10-24(22)30-26)16-25-28(33)31(29(34)32(25)27)21-8-6-7-18(3)15-21/h4-15,17,25,27,30H,16H2,1-3H3/t25-,27-/m0/s1. The van der Waals surface area contributed by atoms with Gasteiger partial charge in [0.25, 0.3) is 5.91 Å². The molecule has 6 rings (SSSR count). The molecule has 0 radical (unpaired) electrons. The van der Waals surface area contributed by atoms with Gasteiger partial charge in [0, 0.05) is 23.0 Å². The van der Waals surface area contributed by atoms with Crippen molar-refractivity contribution >= 4 is 28.5 Å². The molecule has 0 saturated carbocycles. The maximum absolute atomic E-state index is 13.9. The number of nitrogens with one attached hydrogen (secondary N) is 1. The van der Waals surface area contributed by atoms with E-state index in [1.54, 1.807) is 4.90 Å². The second-order valence-corrected chi connectivity index (χ2v) is 9.71. The molecule has 3 amide bonds. The van der Waals surface area contributed by atoms with Crippen LogP contribution in [0.2, 0.25) is 0 Å². The Morgan fingerprint density at radius 1 is 0.941 bits per heavy atom. The number of hydrogen-bond acceptors (Lipinski definition) is 2. The fourth-order valence-electron chi connectivity index (χ4n) is 5.49. The molecule has 5 heteroatoms. The monoisotopic (exact) mass is 449 g/mol. The largest absolute Gasteiger partial charge is 0.356 e. The number of imide groups is 1. The molecule has 0 unspecified atom stereocenters. The van der Waals surface area contributed by atoms with Crippen LogP contribution in [0.25, 0.3) is 10.9 Å². The fourth-order valence-corrected chi connectivity index (χ4v) is 5.49. The number of aromatic amines is 1. The SMILES string of the molecule is Cc1cccc(N2C(=O)[C@@H]3Cc4c([nH]c5ccccc45)[C@H](c4ccc(C(C)C)cc4)N3C2=O)c1. The van der Waals surface area contributed by atoms with E-state index in [0.717, 1.165) is 33.3 Å². The smallest absolute Gasteiger partial charge is 0.332 e. The highest BCUT2D eigenvalue weighted by atomic mass is 16.2. The van der Waals surface area contributed by atoms with E-state index in [1.807, 2.05) is 43.3 Å². The second-order valence-electron chi connectivity index (χ2n) is 9.71. The molecule has 0 aliphatic carbocycles. The summed E-state index contributed by atoms with van der Waals surface area (Å²) < 4.78 is 0. The predicted octanol–water partition coefficient (Wildman–Crippen LogP) is 6.08. The molecule has 3 heterocycles. The van der Waals surface area contributed by atoms with E-state index in [4.69, 9.17) is 0 Å². The second kappa shape index (κ2) is 7.59. The number of hydrogen-bond donors (Lipinski definition) is 1. The van der Waals surface area contributed by atoms with Gasteiger partial charge in [0.05, 0.1) is 5.69 Å². The van der Waals surface area contributed by atoms with Crippen molar-refractivity contribution in [3.8, 4) is 0 Å². The third-order valence-corrected chi connectivity index (χ3v) is 7.23. The first kappa shape index (κ1) is 20.7. The Morgan fingerprint density at radius 3 is 2.44 bits per heavy atom. The van der Waals surface area contributed by atoms with Crippen molar-refractivity contribution in [3.05, 3.63) is 101 Å². The summed E-state index contributed by atoms with van der Waals surface area (Å²) in [4.78, 5) is 34.3. The number of fused-ring (bicyclic) bond motifs is 4. The summed E-state index contributed by atoms with van der Waals surface area (Å²) in [6.07, 6.45) is 0.507. The summed E-state index contributed by atoms with van der Waals surface area (Å²) in [6, 6.07) is 23.1. The van der Waals surface area contributed by atoms with Crippen LogP contribution in [0.4, 0.5) is 10.5 Å². The Balaban J connectivity index is 1.53. The lowest BCUT2D eigenvalue weighted by Gasteiger charge is -2.36. The van der Waals surface area contributed by atoms with Crippen LogP contribution in [0.1, 0.15) is 53.8 Å². The number of amides is 3. The molecule has 2 atom stereocenters. The molecule has 1 aromatic heterocycles. The molecule has 5 nitrogen and oxygen atoms in total. The molecule has 1 N–H and O–H groups in total. The van der Waals surface area contributed by atoms with Crippen LogP contribution in [0, 0.1) is 6.92 Å². The number of H-pyrrole nitrogens is 1. The maximum Gasteiger partial charge on any atom is 0.332 e. The number of carbonyl (C=O) groups is 2. The summed E-state index contributed by atoms with van der Waals surface area (Å²) in [5, 5.41) is 1.12. The van der Waals surface area contributed by atoms with Crippen LogP contribution in [0.15, 0.2) is 72.8 Å². The molecule has 0 bridgehead atoms. The molecule has 170 valence electrons. The van der Waals surface area contributed by atoms with Crippen LogP contribution in [-0.4, -0.2) is 27.9 Å². The lowest BCUT2D eigenvalue weighted by atomic mass is 9.88. The topological polar surface area (TPSA) is 56.4 Å². The number of rotatable bonds is 3. The highest BCUT2D eigenvalue weighted by Crippen LogP contribution is 2.45. The first-order valence-corrected chi connectivity index (χ1v) is 11.9. The normalized spacial score (nSPS) is 19.8. The maximum atomic E-state index is 13.9. The van der Waals surface area contributed by atoms with Crippen LogP contribution in [0.5, 0.6) is 0 Å². The number of anilines is 1. The van der Waals surface area contributed by atoms with Crippen LogP contribution in [-0.2, 0) is 11.2 Å². The Hall–Kier alpha value is -3.86. The number of nitrogens with zero attached hydrogens (tertiary/aromatic N) is 2. The van der Waals surface area contributed by atoms with E-state index in [1.165, 1.54) is 10.5 Å². The third kappa shape index (κ3) is 3.00. The van der Waals surface area contributed by atoms with Gasteiger partial charge < -0.3 is 4.98 Å². The van der Waals surface area contributed by atoms with Crippen molar-refractivity contribution < 1.29 is 9.59 Å². The minimum Gasteiger partial charge on any atom is -0.356 e. The van der Waals surface area contributed by atoms with Crippen LogP contribution in [0.3, 0.4) is 0 Å². The van der Waals surface area contributed by atoms with Gasteiger partial charge in [0.2, 0.25) is 0 Å². The van der Waals surface area contributed by atoms with Crippen LogP contribution < -0.4 is 4.90 Å². The van der Waals surface area contributed by atoms with Crippen molar-refractivity contribution in [3.63, 3.8) is 0 Å². The Labute approximate surface area is 199 Å². The molecule has 0 spiro atoms. The number of carbonyl (C=O) groups excluding carboxylic acids is 2. The van der Waals surface area contributed by atoms with Crippen molar-refractivity contribution in [2.45, 2.75) is 45.2 Å². The molecule has 34 heavy (non-hydrogen) atoms. The number of para-hydroxylation sites is 1. The summed E-state index contributed by atoms with van der Waals surface area (Å²) in [5.41, 5.74) is 7.07. The predicted molar refractivity (Wildman–Crippen MR) is 134 cm³/mol. The average Bonchev–Trinajstić information content (AvgIpc) is 3.32. The fraction of sp³-hybridized carbons (Fsp3) is 0.241. The molecule has 2 aliphatic heterocycles. The highest BCUT2D eigenvalue weighted by molar-refractivity contribution is 6.22. The lowest BCUT2D eigenvalue weighted by Crippen LogP contribution is -2.44. The minimum atomic E-state index is -0.533. The summed E-state index contributed by atoms with van der Waals surface area (Å²) >= 11 is 0. The van der Waals surface area contributed by atoms with Gasteiger partial charge in [-0.1, -0.05) is 68.4 Å². The first-order valence-electron chi connectivity index (χ1n) is 11.9. The summed E-state index contributed by atoms with van der Waals surface area (Å²) in [5.74, 6) is 0.263. The number of aryl methyl sites for hydroxylation is 1. The number of benzene rings is 3. The van der Waals surface area contributed by atoms with Gasteiger partial charge in [-0.15, -0.1) is 0 Å².